The number of amides is 2. The Balaban J connectivity index is 1.43. The van der Waals surface area contributed by atoms with E-state index in [9.17, 15) is 4.79 Å². The first-order chi connectivity index (χ1) is 11.1. The molecule has 7 heteroatoms. The molecule has 1 unspecified atom stereocenters. The number of nitrogens with one attached hydrogen (secondary N) is 2. The van der Waals surface area contributed by atoms with Gasteiger partial charge in [-0.25, -0.2) is 9.78 Å². The first-order valence-electron chi connectivity index (χ1n) is 8.56. The van der Waals surface area contributed by atoms with Crippen LogP contribution in [0.2, 0.25) is 0 Å². The van der Waals surface area contributed by atoms with Crippen molar-refractivity contribution in [2.45, 2.75) is 26.7 Å². The van der Waals surface area contributed by atoms with Gasteiger partial charge < -0.3 is 20.4 Å². The fraction of sp³-hybridized carbons (Fsp3) is 0.750. The molecule has 2 saturated heterocycles. The van der Waals surface area contributed by atoms with Gasteiger partial charge in [0.2, 0.25) is 0 Å². The lowest BCUT2D eigenvalue weighted by molar-refractivity contribution is 0.191. The Morgan fingerprint density at radius 2 is 2.13 bits per heavy atom. The summed E-state index contributed by atoms with van der Waals surface area (Å²) in [4.78, 5) is 22.4. The van der Waals surface area contributed by atoms with Crippen molar-refractivity contribution in [2.24, 2.45) is 5.92 Å². The highest BCUT2D eigenvalue weighted by Gasteiger charge is 2.23. The molecule has 0 aromatic carbocycles. The highest BCUT2D eigenvalue weighted by atomic mass is 32.1. The van der Waals surface area contributed by atoms with Crippen LogP contribution < -0.4 is 15.5 Å². The van der Waals surface area contributed by atoms with Crippen LogP contribution in [0.15, 0.2) is 0 Å². The van der Waals surface area contributed by atoms with Crippen molar-refractivity contribution in [3.63, 3.8) is 0 Å². The van der Waals surface area contributed by atoms with Crippen molar-refractivity contribution < 1.29 is 4.79 Å². The van der Waals surface area contributed by atoms with Crippen LogP contribution in [-0.2, 0) is 0 Å². The maximum atomic E-state index is 12.3. The number of hydrogen-bond acceptors (Lipinski definition) is 5. The summed E-state index contributed by atoms with van der Waals surface area (Å²) in [6.45, 7) is 10.4. The summed E-state index contributed by atoms with van der Waals surface area (Å²) in [6.07, 6.45) is 2.43. The van der Waals surface area contributed by atoms with Crippen LogP contribution in [0.25, 0.3) is 0 Å². The van der Waals surface area contributed by atoms with E-state index in [0.29, 0.717) is 5.92 Å². The van der Waals surface area contributed by atoms with Crippen molar-refractivity contribution in [3.05, 3.63) is 10.6 Å². The Labute approximate surface area is 142 Å². The van der Waals surface area contributed by atoms with Crippen molar-refractivity contribution in [1.29, 1.82) is 0 Å². The second-order valence-corrected chi connectivity index (χ2v) is 7.69. The molecule has 0 aliphatic carbocycles. The van der Waals surface area contributed by atoms with Crippen LogP contribution in [0.4, 0.5) is 9.93 Å². The predicted octanol–water partition coefficient (Wildman–Crippen LogP) is 1.59. The third-order valence-corrected chi connectivity index (χ3v) is 5.93. The zero-order chi connectivity index (χ0) is 16.2. The molecule has 2 aliphatic heterocycles. The lowest BCUT2D eigenvalue weighted by atomic mass is 10.00. The quantitative estimate of drug-likeness (QED) is 0.879. The van der Waals surface area contributed by atoms with Crippen molar-refractivity contribution >= 4 is 22.5 Å². The van der Waals surface area contributed by atoms with Gasteiger partial charge in [-0.3, -0.25) is 0 Å². The SMILES string of the molecule is Cc1nc(N2CCN(C(=O)NCC3CCCNC3)CC2)sc1C. The fourth-order valence-electron chi connectivity index (χ4n) is 3.13. The number of rotatable bonds is 3. The summed E-state index contributed by atoms with van der Waals surface area (Å²) in [5.74, 6) is 0.579. The van der Waals surface area contributed by atoms with Gasteiger partial charge in [0.15, 0.2) is 5.13 Å². The summed E-state index contributed by atoms with van der Waals surface area (Å²) < 4.78 is 0. The minimum Gasteiger partial charge on any atom is -0.345 e. The number of aromatic nitrogens is 1. The number of hydrogen-bond donors (Lipinski definition) is 2. The predicted molar refractivity (Wildman–Crippen MR) is 94.4 cm³/mol. The third-order valence-electron chi connectivity index (χ3n) is 4.80. The minimum atomic E-state index is 0.0849. The Morgan fingerprint density at radius 1 is 1.35 bits per heavy atom. The first-order valence-corrected chi connectivity index (χ1v) is 9.37. The Kier molecular flexibility index (Phi) is 5.38. The summed E-state index contributed by atoms with van der Waals surface area (Å²) in [7, 11) is 0. The van der Waals surface area contributed by atoms with E-state index in [0.717, 1.165) is 56.6 Å². The van der Waals surface area contributed by atoms with Crippen LogP contribution in [0.1, 0.15) is 23.4 Å². The summed E-state index contributed by atoms with van der Waals surface area (Å²) in [6, 6.07) is 0.0849. The Hall–Kier alpha value is -1.34. The Bertz CT molecular complexity index is 513. The van der Waals surface area contributed by atoms with Crippen molar-refractivity contribution in [2.75, 3.05) is 50.7 Å². The van der Waals surface area contributed by atoms with Crippen molar-refractivity contribution in [1.82, 2.24) is 20.5 Å². The molecule has 0 spiro atoms. The van der Waals surface area contributed by atoms with Gasteiger partial charge in [0.05, 0.1) is 5.69 Å². The number of thiazole rings is 1. The summed E-state index contributed by atoms with van der Waals surface area (Å²) >= 11 is 1.75. The molecule has 0 saturated carbocycles. The molecule has 2 aliphatic rings. The number of piperazine rings is 1. The molecule has 3 heterocycles. The molecule has 2 fully saturated rings. The van der Waals surface area contributed by atoms with Gasteiger partial charge in [-0.1, -0.05) is 0 Å². The lowest BCUT2D eigenvalue weighted by Crippen LogP contribution is -2.52. The maximum absolute atomic E-state index is 12.3. The van der Waals surface area contributed by atoms with Crippen LogP contribution >= 0.6 is 11.3 Å². The van der Waals surface area contributed by atoms with Gasteiger partial charge in [0, 0.05) is 37.6 Å². The van der Waals surface area contributed by atoms with E-state index in [2.05, 4.69) is 34.4 Å². The van der Waals surface area contributed by atoms with Gasteiger partial charge in [0.1, 0.15) is 0 Å². The second kappa shape index (κ2) is 7.49. The molecule has 128 valence electrons. The molecule has 0 bridgehead atoms. The number of piperidine rings is 1. The highest BCUT2D eigenvalue weighted by molar-refractivity contribution is 7.15. The summed E-state index contributed by atoms with van der Waals surface area (Å²) in [5, 5.41) is 7.59. The van der Waals surface area contributed by atoms with Gasteiger partial charge in [-0.05, 0) is 45.7 Å². The standard InChI is InChI=1S/C16H27N5OS/c1-12-13(2)23-16(19-12)21-8-6-20(7-9-21)15(22)18-11-14-4-3-5-17-10-14/h14,17H,3-11H2,1-2H3,(H,18,22). The minimum absolute atomic E-state index is 0.0849. The fourth-order valence-corrected chi connectivity index (χ4v) is 4.10. The molecule has 1 atom stereocenters. The topological polar surface area (TPSA) is 60.5 Å². The highest BCUT2D eigenvalue weighted by Crippen LogP contribution is 2.25. The zero-order valence-electron chi connectivity index (χ0n) is 14.1. The normalized spacial score (nSPS) is 22.3. The van der Waals surface area contributed by atoms with Crippen molar-refractivity contribution in [3.8, 4) is 0 Å². The number of urea groups is 1. The molecule has 2 N–H and O–H groups in total. The Morgan fingerprint density at radius 3 is 2.74 bits per heavy atom. The molecule has 3 rings (SSSR count). The van der Waals surface area contributed by atoms with Gasteiger partial charge in [0.25, 0.3) is 0 Å². The van der Waals surface area contributed by atoms with Crippen LogP contribution in [-0.4, -0.2) is 61.7 Å². The number of nitrogens with zero attached hydrogens (tertiary/aromatic N) is 3. The molecular weight excluding hydrogens is 310 g/mol. The largest absolute Gasteiger partial charge is 0.345 e. The number of aryl methyl sites for hydroxylation is 2. The molecule has 1 aromatic heterocycles. The van der Waals surface area contributed by atoms with E-state index in [1.807, 2.05) is 4.90 Å². The zero-order valence-corrected chi connectivity index (χ0v) is 14.9. The van der Waals surface area contributed by atoms with E-state index in [-0.39, 0.29) is 6.03 Å². The smallest absolute Gasteiger partial charge is 0.317 e. The van der Waals surface area contributed by atoms with Crippen LogP contribution in [0, 0.1) is 19.8 Å². The summed E-state index contributed by atoms with van der Waals surface area (Å²) in [5.41, 5.74) is 1.12. The van der Waals surface area contributed by atoms with Gasteiger partial charge >= 0.3 is 6.03 Å². The number of carbonyl (C=O) groups excluding carboxylic acids is 1. The molecule has 2 amide bonds. The molecular formula is C16H27N5OS. The van der Waals surface area contributed by atoms with E-state index in [1.54, 1.807) is 11.3 Å². The van der Waals surface area contributed by atoms with Gasteiger partial charge in [-0.15, -0.1) is 11.3 Å². The number of anilines is 1. The molecule has 6 nitrogen and oxygen atoms in total. The molecule has 23 heavy (non-hydrogen) atoms. The third kappa shape index (κ3) is 4.14. The molecule has 0 radical (unpaired) electrons. The monoisotopic (exact) mass is 337 g/mol. The maximum Gasteiger partial charge on any atom is 0.317 e. The first kappa shape index (κ1) is 16.5. The van der Waals surface area contributed by atoms with E-state index in [1.165, 1.54) is 17.7 Å². The van der Waals surface area contributed by atoms with E-state index in [4.69, 9.17) is 0 Å². The second-order valence-electron chi connectivity index (χ2n) is 6.51. The van der Waals surface area contributed by atoms with Gasteiger partial charge in [-0.2, -0.15) is 0 Å². The lowest BCUT2D eigenvalue weighted by Gasteiger charge is -2.35. The average molecular weight is 337 g/mol. The number of carbonyl (C=O) groups is 1. The average Bonchev–Trinajstić information content (AvgIpc) is 2.93. The van der Waals surface area contributed by atoms with E-state index >= 15 is 0 Å². The van der Waals surface area contributed by atoms with Crippen LogP contribution in [0.3, 0.4) is 0 Å². The molecule has 1 aromatic rings. The van der Waals surface area contributed by atoms with Crippen LogP contribution in [0.5, 0.6) is 0 Å². The van der Waals surface area contributed by atoms with E-state index < -0.39 is 0 Å².